The van der Waals surface area contributed by atoms with Crippen LogP contribution in [-0.4, -0.2) is 36.6 Å². The van der Waals surface area contributed by atoms with E-state index in [4.69, 9.17) is 9.84 Å². The van der Waals surface area contributed by atoms with Crippen LogP contribution in [0.15, 0.2) is 24.3 Å². The highest BCUT2D eigenvalue weighted by Gasteiger charge is 2.02. The minimum Gasteiger partial charge on any atom is -0.508 e. The molecule has 0 fully saturated rings. The van der Waals surface area contributed by atoms with Crippen molar-refractivity contribution in [2.24, 2.45) is 0 Å². The fraction of sp³-hybridized carbons (Fsp3) is 0.500. The number of aliphatic hydroxyl groups excluding tert-OH is 1. The van der Waals surface area contributed by atoms with Gasteiger partial charge in [0.15, 0.2) is 0 Å². The number of nitrogens with one attached hydrogen (secondary N) is 1. The fourth-order valence-electron chi connectivity index (χ4n) is 1.39. The monoisotopic (exact) mass is 225 g/mol. The van der Waals surface area contributed by atoms with Crippen LogP contribution in [0.5, 0.6) is 5.75 Å². The largest absolute Gasteiger partial charge is 0.508 e. The third-order valence-corrected chi connectivity index (χ3v) is 2.28. The first-order valence-corrected chi connectivity index (χ1v) is 5.38. The Kier molecular flexibility index (Phi) is 5.85. The Morgan fingerprint density at radius 1 is 1.31 bits per heavy atom. The third-order valence-electron chi connectivity index (χ3n) is 2.28. The second kappa shape index (κ2) is 7.22. The van der Waals surface area contributed by atoms with Crippen molar-refractivity contribution in [3.63, 3.8) is 0 Å². The highest BCUT2D eigenvalue weighted by molar-refractivity contribution is 5.25. The lowest BCUT2D eigenvalue weighted by Crippen LogP contribution is -2.22. The van der Waals surface area contributed by atoms with Gasteiger partial charge in [0.05, 0.1) is 12.7 Å². The minimum atomic E-state index is -0.405. The molecule has 1 rings (SSSR count). The molecule has 1 aromatic carbocycles. The quantitative estimate of drug-likeness (QED) is 0.603. The van der Waals surface area contributed by atoms with Gasteiger partial charge < -0.3 is 20.3 Å². The molecule has 0 bridgehead atoms. The van der Waals surface area contributed by atoms with E-state index in [1.54, 1.807) is 19.2 Å². The highest BCUT2D eigenvalue weighted by atomic mass is 16.5. The molecule has 0 amide bonds. The second-order valence-electron chi connectivity index (χ2n) is 3.74. The number of aliphatic hydroxyl groups is 1. The number of rotatable bonds is 7. The summed E-state index contributed by atoms with van der Waals surface area (Å²) in [5.74, 6) is 0.277. The van der Waals surface area contributed by atoms with Crippen LogP contribution in [0.25, 0.3) is 0 Å². The van der Waals surface area contributed by atoms with E-state index in [1.807, 2.05) is 12.1 Å². The topological polar surface area (TPSA) is 61.7 Å². The van der Waals surface area contributed by atoms with Gasteiger partial charge in [0.25, 0.3) is 0 Å². The van der Waals surface area contributed by atoms with Gasteiger partial charge in [0.2, 0.25) is 0 Å². The number of methoxy groups -OCH3 is 1. The predicted molar refractivity (Wildman–Crippen MR) is 62.3 cm³/mol. The van der Waals surface area contributed by atoms with Crippen molar-refractivity contribution in [1.82, 2.24) is 5.32 Å². The zero-order valence-corrected chi connectivity index (χ0v) is 9.52. The summed E-state index contributed by atoms with van der Waals surface area (Å²) in [7, 11) is 1.58. The van der Waals surface area contributed by atoms with Crippen LogP contribution in [0.2, 0.25) is 0 Å². The summed E-state index contributed by atoms with van der Waals surface area (Å²) in [6.07, 6.45) is 0.267. The lowest BCUT2D eigenvalue weighted by atomic mass is 10.2. The number of phenols is 1. The molecular weight excluding hydrogens is 206 g/mol. The first-order valence-electron chi connectivity index (χ1n) is 5.38. The van der Waals surface area contributed by atoms with Gasteiger partial charge >= 0.3 is 0 Å². The van der Waals surface area contributed by atoms with Crippen molar-refractivity contribution >= 4 is 0 Å². The van der Waals surface area contributed by atoms with Crippen LogP contribution in [0.1, 0.15) is 12.0 Å². The van der Waals surface area contributed by atoms with Gasteiger partial charge in [0.1, 0.15) is 5.75 Å². The van der Waals surface area contributed by atoms with Crippen molar-refractivity contribution in [3.8, 4) is 5.75 Å². The molecule has 0 aliphatic carbocycles. The smallest absolute Gasteiger partial charge is 0.115 e. The Morgan fingerprint density at radius 2 is 2.00 bits per heavy atom. The maximum absolute atomic E-state index is 9.38. The van der Waals surface area contributed by atoms with Crippen LogP contribution in [-0.2, 0) is 11.3 Å². The Morgan fingerprint density at radius 3 is 2.62 bits per heavy atom. The van der Waals surface area contributed by atoms with Crippen molar-refractivity contribution in [1.29, 1.82) is 0 Å². The van der Waals surface area contributed by atoms with Gasteiger partial charge in [-0.05, 0) is 30.7 Å². The van der Waals surface area contributed by atoms with Gasteiger partial charge in [-0.1, -0.05) is 12.1 Å². The molecule has 0 aliphatic heterocycles. The molecule has 0 aliphatic rings. The number of phenolic OH excluding ortho intramolecular Hbond substituents is 1. The Hall–Kier alpha value is -1.10. The molecule has 3 N–H and O–H groups in total. The molecule has 0 radical (unpaired) electrons. The Bertz CT molecular complexity index is 287. The molecule has 4 heteroatoms. The molecular formula is C12H19NO3. The molecule has 1 atom stereocenters. The molecule has 90 valence electrons. The summed E-state index contributed by atoms with van der Waals surface area (Å²) >= 11 is 0. The van der Waals surface area contributed by atoms with Crippen molar-refractivity contribution in [3.05, 3.63) is 29.8 Å². The maximum atomic E-state index is 9.38. The number of aromatic hydroxyl groups is 1. The van der Waals surface area contributed by atoms with E-state index in [-0.39, 0.29) is 5.75 Å². The van der Waals surface area contributed by atoms with Gasteiger partial charge in [-0.2, -0.15) is 0 Å². The summed E-state index contributed by atoms with van der Waals surface area (Å²) in [6, 6.07) is 7.06. The molecule has 4 nitrogen and oxygen atoms in total. The Balaban J connectivity index is 2.13. The second-order valence-corrected chi connectivity index (χ2v) is 3.74. The van der Waals surface area contributed by atoms with Crippen LogP contribution in [0.3, 0.4) is 0 Å². The van der Waals surface area contributed by atoms with Gasteiger partial charge in [-0.15, -0.1) is 0 Å². The third kappa shape index (κ3) is 5.11. The van der Waals surface area contributed by atoms with Crippen LogP contribution >= 0.6 is 0 Å². The zero-order chi connectivity index (χ0) is 11.8. The van der Waals surface area contributed by atoms with E-state index in [0.29, 0.717) is 13.0 Å². The molecule has 0 saturated carbocycles. The standard InChI is InChI=1S/C12H19NO3/c1-16-9-12(15)6-7-13-8-10-2-4-11(14)5-3-10/h2-5,12-15H,6-9H2,1H3. The lowest BCUT2D eigenvalue weighted by molar-refractivity contribution is 0.0594. The van der Waals surface area contributed by atoms with Crippen LogP contribution in [0, 0.1) is 0 Å². The fourth-order valence-corrected chi connectivity index (χ4v) is 1.39. The van der Waals surface area contributed by atoms with E-state index in [0.717, 1.165) is 18.7 Å². The number of ether oxygens (including phenoxy) is 1. The average Bonchev–Trinajstić information content (AvgIpc) is 2.27. The summed E-state index contributed by atoms with van der Waals surface area (Å²) < 4.78 is 4.83. The van der Waals surface area contributed by atoms with E-state index < -0.39 is 6.10 Å². The number of hydrogen-bond donors (Lipinski definition) is 3. The summed E-state index contributed by atoms with van der Waals surface area (Å²) in [5, 5.41) is 21.7. The minimum absolute atomic E-state index is 0.277. The van der Waals surface area contributed by atoms with Gasteiger partial charge in [0, 0.05) is 13.7 Å². The lowest BCUT2D eigenvalue weighted by Gasteiger charge is -2.10. The first kappa shape index (κ1) is 13.0. The SMILES string of the molecule is COCC(O)CCNCc1ccc(O)cc1. The molecule has 16 heavy (non-hydrogen) atoms. The number of benzene rings is 1. The zero-order valence-electron chi connectivity index (χ0n) is 9.52. The average molecular weight is 225 g/mol. The highest BCUT2D eigenvalue weighted by Crippen LogP contribution is 2.09. The Labute approximate surface area is 95.9 Å². The molecule has 0 saturated heterocycles. The number of hydrogen-bond acceptors (Lipinski definition) is 4. The van der Waals surface area contributed by atoms with Gasteiger partial charge in [-0.3, -0.25) is 0 Å². The van der Waals surface area contributed by atoms with E-state index >= 15 is 0 Å². The van der Waals surface area contributed by atoms with Crippen LogP contribution in [0.4, 0.5) is 0 Å². The first-order chi connectivity index (χ1) is 7.72. The summed E-state index contributed by atoms with van der Waals surface area (Å²) in [4.78, 5) is 0. The van der Waals surface area contributed by atoms with Crippen molar-refractivity contribution in [2.45, 2.75) is 19.1 Å². The van der Waals surface area contributed by atoms with E-state index in [1.165, 1.54) is 0 Å². The maximum Gasteiger partial charge on any atom is 0.115 e. The van der Waals surface area contributed by atoms with Gasteiger partial charge in [-0.25, -0.2) is 0 Å². The van der Waals surface area contributed by atoms with Crippen molar-refractivity contribution < 1.29 is 14.9 Å². The molecule has 0 heterocycles. The molecule has 1 unspecified atom stereocenters. The summed E-state index contributed by atoms with van der Waals surface area (Å²) in [5.41, 5.74) is 1.11. The van der Waals surface area contributed by atoms with Crippen LogP contribution < -0.4 is 5.32 Å². The van der Waals surface area contributed by atoms with Crippen molar-refractivity contribution in [2.75, 3.05) is 20.3 Å². The summed E-state index contributed by atoms with van der Waals surface area (Å²) in [6.45, 7) is 1.85. The molecule has 0 aromatic heterocycles. The molecule has 1 aromatic rings. The van der Waals surface area contributed by atoms with E-state index in [9.17, 15) is 5.11 Å². The normalized spacial score (nSPS) is 12.6. The molecule has 0 spiro atoms. The van der Waals surface area contributed by atoms with E-state index in [2.05, 4.69) is 5.32 Å². The predicted octanol–water partition coefficient (Wildman–Crippen LogP) is 0.879.